The zero-order chi connectivity index (χ0) is 32.5. The Bertz CT molecular complexity index is 1910. The van der Waals surface area contributed by atoms with Crippen molar-refractivity contribution < 1.29 is 23.2 Å². The summed E-state index contributed by atoms with van der Waals surface area (Å²) >= 11 is 3.33. The summed E-state index contributed by atoms with van der Waals surface area (Å²) in [5.41, 5.74) is 2.17. The Morgan fingerprint density at radius 3 is 2.50 bits per heavy atom. The van der Waals surface area contributed by atoms with E-state index in [2.05, 4.69) is 46.3 Å². The number of aryl methyl sites for hydroxylation is 2. The molecule has 7 rings (SSSR count). The number of fused-ring (bicyclic) bond motifs is 2. The molecule has 4 aromatic heterocycles. The Labute approximate surface area is 270 Å². The number of ketones is 1. The van der Waals surface area contributed by atoms with E-state index in [9.17, 15) is 23.2 Å². The number of carbonyl (C=O) groups is 3. The number of rotatable bonds is 8. The normalized spacial score (nSPS) is 23.2. The summed E-state index contributed by atoms with van der Waals surface area (Å²) in [5.74, 6) is -2.78. The molecule has 3 aliphatic rings. The average Bonchev–Trinajstić information content (AvgIpc) is 3.39. The van der Waals surface area contributed by atoms with E-state index in [-0.39, 0.29) is 43.1 Å². The number of nitrogens with zero attached hydrogens (tertiary/aromatic N) is 8. The van der Waals surface area contributed by atoms with Gasteiger partial charge in [-0.15, -0.1) is 0 Å². The number of likely N-dealkylation sites (tertiary alicyclic amines) is 2. The van der Waals surface area contributed by atoms with Crippen molar-refractivity contribution in [1.82, 2.24) is 39.5 Å². The number of alkyl halides is 2. The molecule has 1 N–H and O–H groups in total. The highest BCUT2D eigenvalue weighted by Gasteiger charge is 2.68. The first-order valence-corrected chi connectivity index (χ1v) is 15.6. The lowest BCUT2D eigenvalue weighted by Gasteiger charge is -2.40. The van der Waals surface area contributed by atoms with E-state index in [1.807, 2.05) is 13.0 Å². The third-order valence-electron chi connectivity index (χ3n) is 9.09. The van der Waals surface area contributed by atoms with E-state index < -0.39 is 23.3 Å². The minimum absolute atomic E-state index is 0.186. The van der Waals surface area contributed by atoms with Crippen molar-refractivity contribution in [3.8, 4) is 11.3 Å². The topological polar surface area (TPSA) is 139 Å². The first-order valence-electron chi connectivity index (χ1n) is 14.8. The van der Waals surface area contributed by atoms with Crippen LogP contribution in [0.3, 0.4) is 0 Å². The second-order valence-electron chi connectivity index (χ2n) is 12.6. The van der Waals surface area contributed by atoms with Gasteiger partial charge in [-0.3, -0.25) is 28.9 Å². The van der Waals surface area contributed by atoms with Crippen LogP contribution in [0.25, 0.3) is 22.2 Å². The van der Waals surface area contributed by atoms with Gasteiger partial charge in [0.2, 0.25) is 11.8 Å². The fourth-order valence-corrected chi connectivity index (χ4v) is 7.09. The molecule has 0 aromatic carbocycles. The number of hydrogen-bond donors (Lipinski definition) is 1. The lowest BCUT2D eigenvalue weighted by atomic mass is 9.96. The molecule has 1 aliphatic carbocycles. The van der Waals surface area contributed by atoms with Gasteiger partial charge in [0.15, 0.2) is 5.78 Å². The van der Waals surface area contributed by atoms with Crippen LogP contribution in [0.2, 0.25) is 0 Å². The van der Waals surface area contributed by atoms with Gasteiger partial charge in [0, 0.05) is 48.3 Å². The number of carbonyl (C=O) groups excluding carboxylic acids is 3. The number of aromatic nitrogens is 6. The van der Waals surface area contributed by atoms with Gasteiger partial charge in [0.05, 0.1) is 30.5 Å². The van der Waals surface area contributed by atoms with Crippen molar-refractivity contribution in [2.75, 3.05) is 25.0 Å². The molecular weight excluding hydrogens is 664 g/mol. The maximum atomic E-state index is 14.1. The van der Waals surface area contributed by atoms with Gasteiger partial charge in [-0.1, -0.05) is 6.07 Å². The third kappa shape index (κ3) is 5.44. The van der Waals surface area contributed by atoms with Crippen LogP contribution >= 0.6 is 15.9 Å². The second-order valence-corrected chi connectivity index (χ2v) is 13.4. The van der Waals surface area contributed by atoms with Crippen molar-refractivity contribution in [2.24, 2.45) is 5.41 Å². The highest BCUT2D eigenvalue weighted by molar-refractivity contribution is 9.10. The summed E-state index contributed by atoms with van der Waals surface area (Å²) in [5, 5.41) is 7.89. The van der Waals surface area contributed by atoms with E-state index in [4.69, 9.17) is 0 Å². The molecule has 238 valence electrons. The minimum atomic E-state index is -2.72. The van der Waals surface area contributed by atoms with Crippen LogP contribution in [0.5, 0.6) is 0 Å². The molecule has 0 unspecified atom stereocenters. The van der Waals surface area contributed by atoms with Gasteiger partial charge in [0.25, 0.3) is 5.92 Å². The summed E-state index contributed by atoms with van der Waals surface area (Å²) in [6, 6.07) is 4.17. The summed E-state index contributed by atoms with van der Waals surface area (Å²) < 4.78 is 29.3. The minimum Gasteiger partial charge on any atom is -0.325 e. The number of nitrogens with one attached hydrogen (secondary N) is 1. The maximum absolute atomic E-state index is 14.1. The van der Waals surface area contributed by atoms with Crippen LogP contribution in [0, 0.1) is 19.3 Å². The van der Waals surface area contributed by atoms with Gasteiger partial charge in [-0.05, 0) is 60.3 Å². The van der Waals surface area contributed by atoms with Crippen LogP contribution in [0.1, 0.15) is 41.6 Å². The number of pyridine rings is 2. The van der Waals surface area contributed by atoms with Gasteiger partial charge in [0.1, 0.15) is 34.5 Å². The smallest absolute Gasteiger partial charge is 0.272 e. The largest absolute Gasteiger partial charge is 0.325 e. The molecule has 0 spiro atoms. The fourth-order valence-electron chi connectivity index (χ4n) is 6.78. The molecule has 0 radical (unpaired) electrons. The summed E-state index contributed by atoms with van der Waals surface area (Å²) in [6.07, 6.45) is 5.79. The maximum Gasteiger partial charge on any atom is 0.272 e. The van der Waals surface area contributed by atoms with Crippen LogP contribution in [0.15, 0.2) is 41.4 Å². The molecule has 2 aliphatic heterocycles. The first kappa shape index (κ1) is 30.4. The molecule has 3 atom stereocenters. The quantitative estimate of drug-likeness (QED) is 0.216. The zero-order valence-electron chi connectivity index (χ0n) is 25.3. The van der Waals surface area contributed by atoms with Gasteiger partial charge in [-0.25, -0.2) is 23.7 Å². The monoisotopic (exact) mass is 693 g/mol. The molecule has 12 nitrogen and oxygen atoms in total. The summed E-state index contributed by atoms with van der Waals surface area (Å²) in [4.78, 5) is 61.1. The van der Waals surface area contributed by atoms with E-state index in [0.717, 1.165) is 5.56 Å². The van der Waals surface area contributed by atoms with Crippen molar-refractivity contribution in [2.45, 2.75) is 58.2 Å². The van der Waals surface area contributed by atoms with E-state index in [1.165, 1.54) is 11.6 Å². The van der Waals surface area contributed by atoms with Gasteiger partial charge in [-0.2, -0.15) is 5.10 Å². The molecule has 3 fully saturated rings. The molecule has 46 heavy (non-hydrogen) atoms. The van der Waals surface area contributed by atoms with Crippen molar-refractivity contribution in [3.05, 3.63) is 58.5 Å². The Morgan fingerprint density at radius 2 is 1.80 bits per heavy atom. The van der Waals surface area contributed by atoms with E-state index >= 15 is 0 Å². The van der Waals surface area contributed by atoms with E-state index in [1.54, 1.807) is 47.4 Å². The Balaban J connectivity index is 1.18. The number of hydrogen-bond acceptors (Lipinski definition) is 9. The standard InChI is InChI=1S/C31H30BrF2N9O3/c1-16-4-5-25(32)38-28(16)39-29(46)22-7-30(13-41-14-31(33,34)15-41)8-24(30)43(22)26(45)12-42-23-11-37-21(19-9-35-18(3)36-10-19)6-20(23)27(40-42)17(2)44/h4-6,9-11,22,24H,7-8,12-15H2,1-3H3,(H,38,39,46)/t22-,24+,30-/m0/s1. The first-order chi connectivity index (χ1) is 21.8. The number of anilines is 1. The number of Topliss-reactive ketones (excluding diaryl/α,β-unsaturated/α-hetero) is 1. The Hall–Kier alpha value is -4.24. The van der Waals surface area contributed by atoms with Crippen molar-refractivity contribution in [3.63, 3.8) is 0 Å². The predicted molar refractivity (Wildman–Crippen MR) is 166 cm³/mol. The highest BCUT2D eigenvalue weighted by atomic mass is 79.9. The molecule has 1 saturated carbocycles. The van der Waals surface area contributed by atoms with Crippen LogP contribution in [0.4, 0.5) is 14.6 Å². The molecule has 15 heteroatoms. The zero-order valence-corrected chi connectivity index (χ0v) is 26.9. The molecule has 2 amide bonds. The van der Waals surface area contributed by atoms with Gasteiger partial charge >= 0.3 is 0 Å². The highest BCUT2D eigenvalue weighted by Crippen LogP contribution is 2.60. The van der Waals surface area contributed by atoms with Crippen LogP contribution in [-0.4, -0.2) is 94.8 Å². The number of halogens is 3. The SMILES string of the molecule is CC(=O)c1nn(CC(=O)N2[C@H](C(=O)Nc3nc(Br)ccc3C)C[C@@]3(CN4CC(F)(F)C4)C[C@@H]23)c2cnc(-c3cnc(C)nc3)cc12. The van der Waals surface area contributed by atoms with Crippen LogP contribution < -0.4 is 5.32 Å². The predicted octanol–water partition coefficient (Wildman–Crippen LogP) is 3.81. The van der Waals surface area contributed by atoms with Crippen molar-refractivity contribution in [1.29, 1.82) is 0 Å². The van der Waals surface area contributed by atoms with Crippen molar-refractivity contribution >= 4 is 50.2 Å². The number of amides is 2. The molecule has 2 saturated heterocycles. The van der Waals surface area contributed by atoms with Gasteiger partial charge < -0.3 is 10.2 Å². The third-order valence-corrected chi connectivity index (χ3v) is 9.54. The fraction of sp³-hybridized carbons (Fsp3) is 0.419. The molecule has 6 heterocycles. The summed E-state index contributed by atoms with van der Waals surface area (Å²) in [6.45, 7) is 4.47. The van der Waals surface area contributed by atoms with Crippen LogP contribution in [-0.2, 0) is 16.1 Å². The lowest BCUT2D eigenvalue weighted by molar-refractivity contribution is -0.138. The number of piperidine rings is 1. The lowest BCUT2D eigenvalue weighted by Crippen LogP contribution is -2.57. The average molecular weight is 695 g/mol. The second kappa shape index (κ2) is 10.9. The molecular formula is C31H30BrF2N9O3. The van der Waals surface area contributed by atoms with E-state index in [0.29, 0.717) is 57.8 Å². The Kier molecular flexibility index (Phi) is 7.23. The summed E-state index contributed by atoms with van der Waals surface area (Å²) in [7, 11) is 0. The Morgan fingerprint density at radius 1 is 1.07 bits per heavy atom. The molecule has 4 aromatic rings. The molecule has 0 bridgehead atoms.